The number of nitrogens with two attached hydrogens (primary N) is 1. The van der Waals surface area contributed by atoms with Crippen molar-refractivity contribution in [3.8, 4) is 5.75 Å². The summed E-state index contributed by atoms with van der Waals surface area (Å²) in [5, 5.41) is 9.29. The van der Waals surface area contributed by atoms with Crippen molar-refractivity contribution >= 4 is 15.8 Å². The van der Waals surface area contributed by atoms with Gasteiger partial charge < -0.3 is 10.8 Å². The summed E-state index contributed by atoms with van der Waals surface area (Å²) in [7, 11) is -4.46. The van der Waals surface area contributed by atoms with E-state index in [0.29, 0.717) is 5.56 Å². The zero-order valence-corrected chi connectivity index (χ0v) is 7.67. The van der Waals surface area contributed by atoms with Crippen molar-refractivity contribution in [3.05, 3.63) is 17.7 Å². The molecule has 72 valence electrons. The second-order valence-corrected chi connectivity index (χ2v) is 3.98. The highest BCUT2D eigenvalue weighted by atomic mass is 32.2. The topological polar surface area (TPSA) is 101 Å². The molecule has 0 aromatic heterocycles. The maximum Gasteiger partial charge on any atom is 0.300 e. The molecule has 6 heteroatoms. The number of nitrogen functional groups attached to an aromatic ring is 1. The van der Waals surface area contributed by atoms with Gasteiger partial charge in [-0.1, -0.05) is 6.07 Å². The Morgan fingerprint density at radius 2 is 1.92 bits per heavy atom. The highest BCUT2D eigenvalue weighted by Crippen LogP contribution is 2.31. The summed E-state index contributed by atoms with van der Waals surface area (Å²) in [4.78, 5) is -0.632. The van der Waals surface area contributed by atoms with E-state index in [9.17, 15) is 13.5 Å². The van der Waals surface area contributed by atoms with Gasteiger partial charge in [0, 0.05) is 0 Å². The fraction of sp³-hybridized carbons (Fsp3) is 0.143. The Labute approximate surface area is 75.6 Å². The molecule has 1 rings (SSSR count). The molecule has 0 heterocycles. The van der Waals surface area contributed by atoms with Gasteiger partial charge in [-0.05, 0) is 18.6 Å². The Kier molecular flexibility index (Phi) is 2.19. The molecule has 5 nitrogen and oxygen atoms in total. The van der Waals surface area contributed by atoms with Crippen molar-refractivity contribution in [1.82, 2.24) is 0 Å². The third-order valence-electron chi connectivity index (χ3n) is 1.62. The van der Waals surface area contributed by atoms with Crippen molar-refractivity contribution in [3.63, 3.8) is 0 Å². The average molecular weight is 203 g/mol. The van der Waals surface area contributed by atoms with Gasteiger partial charge in [0.25, 0.3) is 10.1 Å². The molecule has 4 N–H and O–H groups in total. The lowest BCUT2D eigenvalue weighted by Crippen LogP contribution is -2.04. The van der Waals surface area contributed by atoms with Crippen LogP contribution in [0.4, 0.5) is 5.69 Å². The van der Waals surface area contributed by atoms with Crippen LogP contribution >= 0.6 is 0 Å². The Hall–Kier alpha value is -1.27. The largest absolute Gasteiger partial charge is 0.506 e. The van der Waals surface area contributed by atoms with Crippen LogP contribution in [0.15, 0.2) is 17.0 Å². The molecule has 1 aromatic rings. The molecular weight excluding hydrogens is 194 g/mol. The van der Waals surface area contributed by atoms with Crippen LogP contribution in [0.2, 0.25) is 0 Å². The van der Waals surface area contributed by atoms with E-state index in [1.54, 1.807) is 0 Å². The van der Waals surface area contributed by atoms with Crippen molar-refractivity contribution < 1.29 is 18.1 Å². The number of aromatic hydroxyl groups is 1. The SMILES string of the molecule is Cc1ccc(N)c(S(=O)(=O)O)c1O. The van der Waals surface area contributed by atoms with Gasteiger partial charge in [-0.3, -0.25) is 4.55 Å². The lowest BCUT2D eigenvalue weighted by atomic mass is 10.2. The van der Waals surface area contributed by atoms with E-state index in [0.717, 1.165) is 0 Å². The number of benzene rings is 1. The first-order valence-electron chi connectivity index (χ1n) is 3.39. The molecule has 0 bridgehead atoms. The van der Waals surface area contributed by atoms with Crippen LogP contribution in [0.1, 0.15) is 5.56 Å². The molecule has 0 unspecified atom stereocenters. The predicted octanol–water partition coefficient (Wildman–Crippen LogP) is 0.530. The lowest BCUT2D eigenvalue weighted by Gasteiger charge is -2.06. The standard InChI is InChI=1S/C7H9NO4S/c1-4-2-3-5(8)7(6(4)9)13(10,11)12/h2-3,9H,8H2,1H3,(H,10,11,12). The zero-order valence-electron chi connectivity index (χ0n) is 6.85. The first-order valence-corrected chi connectivity index (χ1v) is 4.83. The Morgan fingerprint density at radius 3 is 2.31 bits per heavy atom. The highest BCUT2D eigenvalue weighted by molar-refractivity contribution is 7.86. The summed E-state index contributed by atoms with van der Waals surface area (Å²) in [6, 6.07) is 2.76. The van der Waals surface area contributed by atoms with Gasteiger partial charge in [-0.2, -0.15) is 8.42 Å². The summed E-state index contributed by atoms with van der Waals surface area (Å²) in [5.41, 5.74) is 5.44. The van der Waals surface area contributed by atoms with E-state index in [4.69, 9.17) is 10.3 Å². The van der Waals surface area contributed by atoms with Crippen molar-refractivity contribution in [2.45, 2.75) is 11.8 Å². The third-order valence-corrected chi connectivity index (χ3v) is 2.57. The molecule has 0 amide bonds. The van der Waals surface area contributed by atoms with Gasteiger partial charge in [-0.25, -0.2) is 0 Å². The summed E-state index contributed by atoms with van der Waals surface area (Å²) in [6.07, 6.45) is 0. The molecule has 1 aromatic carbocycles. The molecule has 0 saturated carbocycles. The fourth-order valence-electron chi connectivity index (χ4n) is 0.956. The van der Waals surface area contributed by atoms with E-state index in [-0.39, 0.29) is 5.69 Å². The quantitative estimate of drug-likeness (QED) is 0.456. The first kappa shape index (κ1) is 9.82. The molecule has 0 fully saturated rings. The van der Waals surface area contributed by atoms with E-state index in [2.05, 4.69) is 0 Å². The lowest BCUT2D eigenvalue weighted by molar-refractivity contribution is 0.441. The second-order valence-electron chi connectivity index (χ2n) is 2.62. The van der Waals surface area contributed by atoms with Crippen LogP contribution in [-0.4, -0.2) is 18.1 Å². The predicted molar refractivity (Wildman–Crippen MR) is 47.1 cm³/mol. The van der Waals surface area contributed by atoms with Crippen molar-refractivity contribution in [2.24, 2.45) is 0 Å². The molecular formula is C7H9NO4S. The van der Waals surface area contributed by atoms with Crippen LogP contribution in [0.5, 0.6) is 5.75 Å². The average Bonchev–Trinajstić information content (AvgIpc) is 1.95. The van der Waals surface area contributed by atoms with Crippen LogP contribution in [0.25, 0.3) is 0 Å². The minimum absolute atomic E-state index is 0.175. The van der Waals surface area contributed by atoms with Gasteiger partial charge in [0.05, 0.1) is 5.69 Å². The van der Waals surface area contributed by atoms with E-state index in [1.165, 1.54) is 19.1 Å². The van der Waals surface area contributed by atoms with Crippen molar-refractivity contribution in [2.75, 3.05) is 5.73 Å². The number of hydrogen-bond acceptors (Lipinski definition) is 4. The number of hydrogen-bond donors (Lipinski definition) is 3. The Balaban J connectivity index is 3.62. The maximum atomic E-state index is 10.7. The second kappa shape index (κ2) is 2.90. The van der Waals surface area contributed by atoms with Gasteiger partial charge in [0.15, 0.2) is 4.90 Å². The van der Waals surface area contributed by atoms with Gasteiger partial charge in [0.2, 0.25) is 0 Å². The number of aryl methyl sites for hydroxylation is 1. The number of phenols is 1. The smallest absolute Gasteiger partial charge is 0.300 e. The van der Waals surface area contributed by atoms with Gasteiger partial charge >= 0.3 is 0 Å². The Morgan fingerprint density at radius 1 is 1.38 bits per heavy atom. The van der Waals surface area contributed by atoms with E-state index >= 15 is 0 Å². The van der Waals surface area contributed by atoms with Crippen LogP contribution < -0.4 is 5.73 Å². The van der Waals surface area contributed by atoms with Crippen LogP contribution in [0, 0.1) is 6.92 Å². The first-order chi connectivity index (χ1) is 5.84. The van der Waals surface area contributed by atoms with Crippen LogP contribution in [0.3, 0.4) is 0 Å². The molecule has 0 spiro atoms. The van der Waals surface area contributed by atoms with Crippen LogP contribution in [-0.2, 0) is 10.1 Å². The number of phenolic OH excluding ortho intramolecular Hbond substituents is 1. The minimum Gasteiger partial charge on any atom is -0.506 e. The molecule has 0 atom stereocenters. The summed E-state index contributed by atoms with van der Waals surface area (Å²) < 4.78 is 30.2. The molecule has 0 radical (unpaired) electrons. The summed E-state index contributed by atoms with van der Waals surface area (Å²) in [5.74, 6) is -0.512. The van der Waals surface area contributed by atoms with Crippen molar-refractivity contribution in [1.29, 1.82) is 0 Å². The monoisotopic (exact) mass is 203 g/mol. The number of rotatable bonds is 1. The molecule has 0 aliphatic carbocycles. The fourth-order valence-corrected chi connectivity index (χ4v) is 1.73. The molecule has 13 heavy (non-hydrogen) atoms. The summed E-state index contributed by atoms with van der Waals surface area (Å²) >= 11 is 0. The highest BCUT2D eigenvalue weighted by Gasteiger charge is 2.20. The van der Waals surface area contributed by atoms with E-state index < -0.39 is 20.8 Å². The minimum atomic E-state index is -4.46. The Bertz CT molecular complexity index is 438. The third kappa shape index (κ3) is 1.73. The number of anilines is 1. The van der Waals surface area contributed by atoms with Gasteiger partial charge in [0.1, 0.15) is 5.75 Å². The van der Waals surface area contributed by atoms with E-state index in [1.807, 2.05) is 0 Å². The zero-order chi connectivity index (χ0) is 10.2. The maximum absolute atomic E-state index is 10.7. The molecule has 0 aliphatic heterocycles. The van der Waals surface area contributed by atoms with Gasteiger partial charge in [-0.15, -0.1) is 0 Å². The normalized spacial score (nSPS) is 11.5. The summed E-state index contributed by atoms with van der Waals surface area (Å²) in [6.45, 7) is 1.50. The molecule has 0 saturated heterocycles. The molecule has 0 aliphatic rings.